The van der Waals surface area contributed by atoms with Gasteiger partial charge in [-0.3, -0.25) is 9.55 Å². The molecule has 17 heavy (non-hydrogen) atoms. The van der Waals surface area contributed by atoms with E-state index >= 15 is 0 Å². The van der Waals surface area contributed by atoms with Crippen LogP contribution in [-0.2, 0) is 13.5 Å². The van der Waals surface area contributed by atoms with Crippen LogP contribution in [0.15, 0.2) is 4.79 Å². The average molecular weight is 239 g/mol. The lowest BCUT2D eigenvalue weighted by atomic mass is 10.2. The van der Waals surface area contributed by atoms with E-state index in [4.69, 9.17) is 5.11 Å². The molecule has 2 N–H and O–H groups in total. The van der Waals surface area contributed by atoms with Gasteiger partial charge in [0.25, 0.3) is 0 Å². The van der Waals surface area contributed by atoms with E-state index < -0.39 is 5.97 Å². The Bertz CT molecular complexity index is 469. The maximum Gasteiger partial charge on any atom is 0.354 e. The summed E-state index contributed by atoms with van der Waals surface area (Å²) < 4.78 is 1.39. The van der Waals surface area contributed by atoms with Crippen LogP contribution in [0, 0.1) is 0 Å². The predicted octanol–water partition coefficient (Wildman–Crippen LogP) is 0.0499. The quantitative estimate of drug-likeness (QED) is 0.778. The molecule has 0 unspecified atom stereocenters. The summed E-state index contributed by atoms with van der Waals surface area (Å²) in [6.07, 6.45) is 3.01. The molecular weight excluding hydrogens is 222 g/mol. The van der Waals surface area contributed by atoms with Crippen molar-refractivity contribution < 1.29 is 9.90 Å². The first kappa shape index (κ1) is 11.9. The van der Waals surface area contributed by atoms with Crippen LogP contribution in [0.2, 0.25) is 0 Å². The van der Waals surface area contributed by atoms with Gasteiger partial charge in [-0.15, -0.1) is 0 Å². The second-order valence-electron chi connectivity index (χ2n) is 4.41. The van der Waals surface area contributed by atoms with Crippen molar-refractivity contribution in [3.63, 3.8) is 0 Å². The standard InChI is InChI=1S/C11H17N3O3/c1-13-8(4-7-14-5-2-3-6-14)9(10(15)16)12-11(13)17/h2-7H2,1H3,(H,12,17)(H,15,16). The summed E-state index contributed by atoms with van der Waals surface area (Å²) in [5.41, 5.74) is 0.241. The lowest BCUT2D eigenvalue weighted by molar-refractivity contribution is 0.0689. The van der Waals surface area contributed by atoms with Crippen molar-refractivity contribution in [1.29, 1.82) is 0 Å². The first-order chi connectivity index (χ1) is 8.09. The van der Waals surface area contributed by atoms with Crippen molar-refractivity contribution in [2.45, 2.75) is 19.3 Å². The molecule has 0 aromatic carbocycles. The van der Waals surface area contributed by atoms with Crippen LogP contribution in [-0.4, -0.2) is 45.2 Å². The van der Waals surface area contributed by atoms with E-state index in [2.05, 4.69) is 9.88 Å². The lowest BCUT2D eigenvalue weighted by Crippen LogP contribution is -2.24. The topological polar surface area (TPSA) is 78.3 Å². The van der Waals surface area contributed by atoms with E-state index in [1.165, 1.54) is 17.4 Å². The van der Waals surface area contributed by atoms with Crippen molar-refractivity contribution in [3.8, 4) is 0 Å². The highest BCUT2D eigenvalue weighted by atomic mass is 16.4. The number of rotatable bonds is 4. The van der Waals surface area contributed by atoms with Gasteiger partial charge in [-0.2, -0.15) is 0 Å². The third kappa shape index (κ3) is 2.41. The van der Waals surface area contributed by atoms with Gasteiger partial charge in [0.15, 0.2) is 0 Å². The number of aromatic carboxylic acids is 1. The van der Waals surface area contributed by atoms with Gasteiger partial charge < -0.3 is 10.0 Å². The zero-order valence-corrected chi connectivity index (χ0v) is 9.90. The fourth-order valence-electron chi connectivity index (χ4n) is 2.29. The number of H-pyrrole nitrogens is 1. The zero-order valence-electron chi connectivity index (χ0n) is 9.90. The van der Waals surface area contributed by atoms with E-state index in [9.17, 15) is 9.59 Å². The number of likely N-dealkylation sites (tertiary alicyclic amines) is 1. The van der Waals surface area contributed by atoms with E-state index in [-0.39, 0.29) is 11.4 Å². The third-order valence-electron chi connectivity index (χ3n) is 3.31. The minimum atomic E-state index is -1.07. The number of nitrogens with zero attached hydrogens (tertiary/aromatic N) is 2. The van der Waals surface area contributed by atoms with Crippen molar-refractivity contribution in [1.82, 2.24) is 14.5 Å². The molecule has 6 heteroatoms. The highest BCUT2D eigenvalue weighted by Crippen LogP contribution is 2.10. The minimum Gasteiger partial charge on any atom is -0.477 e. The van der Waals surface area contributed by atoms with Gasteiger partial charge in [0.05, 0.1) is 5.69 Å². The normalized spacial score (nSPS) is 16.5. The SMILES string of the molecule is Cn1c(CCN2CCCC2)c(C(=O)O)[nH]c1=O. The van der Waals surface area contributed by atoms with Gasteiger partial charge >= 0.3 is 11.7 Å². The summed E-state index contributed by atoms with van der Waals surface area (Å²) in [5.74, 6) is -1.07. The maximum absolute atomic E-state index is 11.4. The molecular formula is C11H17N3O3. The summed E-state index contributed by atoms with van der Waals surface area (Å²) in [7, 11) is 1.60. The second-order valence-corrected chi connectivity index (χ2v) is 4.41. The summed E-state index contributed by atoms with van der Waals surface area (Å²) in [4.78, 5) is 27.0. The maximum atomic E-state index is 11.4. The van der Waals surface area contributed by atoms with E-state index in [1.54, 1.807) is 7.05 Å². The Balaban J connectivity index is 2.13. The van der Waals surface area contributed by atoms with Crippen LogP contribution in [0.3, 0.4) is 0 Å². The summed E-state index contributed by atoms with van der Waals surface area (Å²) in [6.45, 7) is 2.95. The predicted molar refractivity (Wildman–Crippen MR) is 62.4 cm³/mol. The Morgan fingerprint density at radius 3 is 2.65 bits per heavy atom. The highest BCUT2D eigenvalue weighted by Gasteiger charge is 2.19. The second kappa shape index (κ2) is 4.75. The van der Waals surface area contributed by atoms with Gasteiger partial charge in [0.1, 0.15) is 5.69 Å². The molecule has 1 aromatic rings. The summed E-state index contributed by atoms with van der Waals surface area (Å²) in [5, 5.41) is 9.00. The van der Waals surface area contributed by atoms with Crippen molar-refractivity contribution in [3.05, 3.63) is 21.9 Å². The number of carbonyl (C=O) groups is 1. The number of aromatic amines is 1. The molecule has 6 nitrogen and oxygen atoms in total. The molecule has 1 saturated heterocycles. The van der Waals surface area contributed by atoms with Gasteiger partial charge in [-0.25, -0.2) is 9.59 Å². The van der Waals surface area contributed by atoms with Gasteiger partial charge in [0.2, 0.25) is 0 Å². The van der Waals surface area contributed by atoms with E-state index in [0.717, 1.165) is 19.6 Å². The lowest BCUT2D eigenvalue weighted by Gasteiger charge is -2.14. The van der Waals surface area contributed by atoms with E-state index in [1.807, 2.05) is 0 Å². The van der Waals surface area contributed by atoms with Crippen molar-refractivity contribution >= 4 is 5.97 Å². The smallest absolute Gasteiger partial charge is 0.354 e. The third-order valence-corrected chi connectivity index (χ3v) is 3.31. The number of carboxylic acid groups (broad SMARTS) is 1. The molecule has 0 aliphatic carbocycles. The molecule has 0 amide bonds. The van der Waals surface area contributed by atoms with Gasteiger partial charge in [0, 0.05) is 20.0 Å². The Morgan fingerprint density at radius 2 is 2.06 bits per heavy atom. The number of imidazole rings is 1. The van der Waals surface area contributed by atoms with Crippen molar-refractivity contribution in [2.75, 3.05) is 19.6 Å². The highest BCUT2D eigenvalue weighted by molar-refractivity contribution is 5.86. The Labute approximate surface area is 98.9 Å². The Kier molecular flexibility index (Phi) is 3.33. The van der Waals surface area contributed by atoms with Gasteiger partial charge in [-0.1, -0.05) is 0 Å². The minimum absolute atomic E-state index is 0.0247. The first-order valence-corrected chi connectivity index (χ1v) is 5.83. The molecule has 1 aliphatic heterocycles. The molecule has 0 bridgehead atoms. The molecule has 94 valence electrons. The molecule has 1 aromatic heterocycles. The Morgan fingerprint density at radius 1 is 1.41 bits per heavy atom. The molecule has 2 heterocycles. The fourth-order valence-corrected chi connectivity index (χ4v) is 2.29. The zero-order chi connectivity index (χ0) is 12.4. The van der Waals surface area contributed by atoms with Crippen LogP contribution in [0.25, 0.3) is 0 Å². The molecule has 0 saturated carbocycles. The fraction of sp³-hybridized carbons (Fsp3) is 0.636. The molecule has 2 rings (SSSR count). The van der Waals surface area contributed by atoms with Crippen LogP contribution < -0.4 is 5.69 Å². The van der Waals surface area contributed by atoms with Crippen LogP contribution in [0.4, 0.5) is 0 Å². The summed E-state index contributed by atoms with van der Waals surface area (Å²) >= 11 is 0. The Hall–Kier alpha value is -1.56. The number of hydrogen-bond donors (Lipinski definition) is 2. The summed E-state index contributed by atoms with van der Waals surface area (Å²) in [6, 6.07) is 0. The first-order valence-electron chi connectivity index (χ1n) is 5.83. The number of hydrogen-bond acceptors (Lipinski definition) is 3. The number of carboxylic acids is 1. The largest absolute Gasteiger partial charge is 0.477 e. The van der Waals surface area contributed by atoms with Crippen molar-refractivity contribution in [2.24, 2.45) is 7.05 Å². The van der Waals surface area contributed by atoms with Crippen LogP contribution in [0.1, 0.15) is 29.0 Å². The van der Waals surface area contributed by atoms with Crippen LogP contribution >= 0.6 is 0 Å². The molecule has 1 fully saturated rings. The number of aromatic nitrogens is 2. The molecule has 0 spiro atoms. The molecule has 0 atom stereocenters. The van der Waals surface area contributed by atoms with Crippen LogP contribution in [0.5, 0.6) is 0 Å². The molecule has 1 aliphatic rings. The molecule has 0 radical (unpaired) electrons. The average Bonchev–Trinajstić information content (AvgIpc) is 2.87. The van der Waals surface area contributed by atoms with Gasteiger partial charge in [-0.05, 0) is 25.9 Å². The van der Waals surface area contributed by atoms with E-state index in [0.29, 0.717) is 12.1 Å². The monoisotopic (exact) mass is 239 g/mol. The number of nitrogens with one attached hydrogen (secondary N) is 1.